The summed E-state index contributed by atoms with van der Waals surface area (Å²) in [5, 5.41) is 8.27. The van der Waals surface area contributed by atoms with Crippen molar-refractivity contribution in [3.05, 3.63) is 71.4 Å². The first-order chi connectivity index (χ1) is 11.5. The second kappa shape index (κ2) is 6.93. The van der Waals surface area contributed by atoms with E-state index in [1.807, 2.05) is 38.2 Å². The van der Waals surface area contributed by atoms with Crippen LogP contribution in [-0.2, 0) is 6.54 Å². The van der Waals surface area contributed by atoms with E-state index in [2.05, 4.69) is 22.0 Å². The molecule has 0 spiro atoms. The van der Waals surface area contributed by atoms with E-state index in [4.69, 9.17) is 4.42 Å². The van der Waals surface area contributed by atoms with Crippen molar-refractivity contribution in [1.82, 2.24) is 15.1 Å². The molecule has 3 rings (SSSR count). The molecule has 0 bridgehead atoms. The number of hydrogen-bond donors (Lipinski definition) is 0. The van der Waals surface area contributed by atoms with Gasteiger partial charge in [0.1, 0.15) is 5.82 Å². The number of aromatic nitrogens is 2. The number of rotatable bonds is 5. The predicted octanol–water partition coefficient (Wildman–Crippen LogP) is 4.38. The van der Waals surface area contributed by atoms with Crippen LogP contribution in [0.1, 0.15) is 30.0 Å². The Morgan fingerprint density at radius 3 is 2.58 bits per heavy atom. The summed E-state index contributed by atoms with van der Waals surface area (Å²) in [5.74, 6) is 0.854. The average Bonchev–Trinajstić information content (AvgIpc) is 3.03. The maximum Gasteiger partial charge on any atom is 0.247 e. The van der Waals surface area contributed by atoms with E-state index < -0.39 is 0 Å². The fraction of sp³-hybridized carbons (Fsp3) is 0.263. The van der Waals surface area contributed by atoms with Gasteiger partial charge in [0.2, 0.25) is 11.8 Å². The third kappa shape index (κ3) is 3.68. The minimum Gasteiger partial charge on any atom is -0.419 e. The highest BCUT2D eigenvalue weighted by Crippen LogP contribution is 2.23. The minimum atomic E-state index is -0.228. The molecule has 0 N–H and O–H groups in total. The molecule has 24 heavy (non-hydrogen) atoms. The molecule has 0 saturated heterocycles. The van der Waals surface area contributed by atoms with Gasteiger partial charge in [-0.3, -0.25) is 4.90 Å². The summed E-state index contributed by atoms with van der Waals surface area (Å²) in [6.45, 7) is 4.61. The van der Waals surface area contributed by atoms with E-state index in [0.29, 0.717) is 18.3 Å². The van der Waals surface area contributed by atoms with Crippen molar-refractivity contribution in [3.8, 4) is 11.5 Å². The quantitative estimate of drug-likeness (QED) is 0.698. The van der Waals surface area contributed by atoms with Crippen LogP contribution < -0.4 is 0 Å². The standard InChI is InChI=1S/C19H20FN3O/c1-13-5-4-6-16(11-13)19-22-21-18(24-19)12-23(3)14(2)15-7-9-17(20)10-8-15/h4-11,14H,12H2,1-3H3. The number of aryl methyl sites for hydroxylation is 1. The van der Waals surface area contributed by atoms with Gasteiger partial charge in [-0.05, 0) is 50.7 Å². The molecule has 0 amide bonds. The maximum atomic E-state index is 13.0. The van der Waals surface area contributed by atoms with Gasteiger partial charge in [0.15, 0.2) is 0 Å². The second-order valence-electron chi connectivity index (χ2n) is 6.01. The van der Waals surface area contributed by atoms with Gasteiger partial charge in [0, 0.05) is 11.6 Å². The first-order valence-electron chi connectivity index (χ1n) is 7.88. The van der Waals surface area contributed by atoms with Crippen molar-refractivity contribution in [2.75, 3.05) is 7.05 Å². The summed E-state index contributed by atoms with van der Waals surface area (Å²) in [6.07, 6.45) is 0. The lowest BCUT2D eigenvalue weighted by atomic mass is 10.1. The van der Waals surface area contributed by atoms with Crippen molar-refractivity contribution in [2.24, 2.45) is 0 Å². The summed E-state index contributed by atoms with van der Waals surface area (Å²) < 4.78 is 18.8. The molecule has 1 unspecified atom stereocenters. The number of halogens is 1. The van der Waals surface area contributed by atoms with E-state index in [0.717, 1.165) is 16.7 Å². The van der Waals surface area contributed by atoms with Crippen molar-refractivity contribution in [1.29, 1.82) is 0 Å². The van der Waals surface area contributed by atoms with Crippen LogP contribution in [0.2, 0.25) is 0 Å². The molecule has 1 atom stereocenters. The third-order valence-corrected chi connectivity index (χ3v) is 4.13. The SMILES string of the molecule is Cc1cccc(-c2nnc(CN(C)C(C)c3ccc(F)cc3)o2)c1. The summed E-state index contributed by atoms with van der Waals surface area (Å²) in [4.78, 5) is 2.08. The fourth-order valence-corrected chi connectivity index (χ4v) is 2.56. The molecule has 1 heterocycles. The van der Waals surface area contributed by atoms with Gasteiger partial charge in [0.05, 0.1) is 6.54 Å². The Hall–Kier alpha value is -2.53. The summed E-state index contributed by atoms with van der Waals surface area (Å²) in [6, 6.07) is 14.6. The zero-order valence-electron chi connectivity index (χ0n) is 14.0. The van der Waals surface area contributed by atoms with E-state index in [9.17, 15) is 4.39 Å². The summed E-state index contributed by atoms with van der Waals surface area (Å²) >= 11 is 0. The number of benzene rings is 2. The van der Waals surface area contributed by atoms with Crippen LogP contribution in [-0.4, -0.2) is 22.1 Å². The second-order valence-corrected chi connectivity index (χ2v) is 6.01. The normalized spacial score (nSPS) is 12.5. The van der Waals surface area contributed by atoms with Crippen molar-refractivity contribution >= 4 is 0 Å². The summed E-state index contributed by atoms with van der Waals surface area (Å²) in [7, 11) is 1.98. The van der Waals surface area contributed by atoms with Gasteiger partial charge in [-0.2, -0.15) is 0 Å². The van der Waals surface area contributed by atoms with Crippen molar-refractivity contribution < 1.29 is 8.81 Å². The van der Waals surface area contributed by atoms with Crippen LogP contribution in [0.4, 0.5) is 4.39 Å². The van der Waals surface area contributed by atoms with E-state index in [1.54, 1.807) is 12.1 Å². The van der Waals surface area contributed by atoms with Gasteiger partial charge >= 0.3 is 0 Å². The summed E-state index contributed by atoms with van der Waals surface area (Å²) in [5.41, 5.74) is 3.11. The Morgan fingerprint density at radius 1 is 1.12 bits per heavy atom. The number of hydrogen-bond acceptors (Lipinski definition) is 4. The molecule has 0 radical (unpaired) electrons. The van der Waals surface area contributed by atoms with E-state index >= 15 is 0 Å². The topological polar surface area (TPSA) is 42.2 Å². The van der Waals surface area contributed by atoms with Gasteiger partial charge in [0.25, 0.3) is 0 Å². The number of nitrogens with zero attached hydrogens (tertiary/aromatic N) is 3. The average molecular weight is 325 g/mol. The van der Waals surface area contributed by atoms with Crippen molar-refractivity contribution in [3.63, 3.8) is 0 Å². The molecule has 0 aliphatic carbocycles. The zero-order valence-corrected chi connectivity index (χ0v) is 14.0. The predicted molar refractivity (Wildman–Crippen MR) is 90.8 cm³/mol. The molecule has 0 fully saturated rings. The van der Waals surface area contributed by atoms with Crippen LogP contribution in [0.25, 0.3) is 11.5 Å². The Balaban J connectivity index is 1.71. The third-order valence-electron chi connectivity index (χ3n) is 4.13. The first-order valence-corrected chi connectivity index (χ1v) is 7.88. The fourth-order valence-electron chi connectivity index (χ4n) is 2.56. The van der Waals surface area contributed by atoms with Gasteiger partial charge in [-0.15, -0.1) is 10.2 Å². The van der Waals surface area contributed by atoms with Gasteiger partial charge in [-0.1, -0.05) is 29.8 Å². The molecule has 1 aromatic heterocycles. The van der Waals surface area contributed by atoms with Crippen LogP contribution in [0.3, 0.4) is 0 Å². The molecule has 0 aliphatic rings. The Bertz CT molecular complexity index is 813. The minimum absolute atomic E-state index is 0.111. The van der Waals surface area contributed by atoms with E-state index in [1.165, 1.54) is 12.1 Å². The molecule has 0 saturated carbocycles. The van der Waals surface area contributed by atoms with Crippen LogP contribution in [0.15, 0.2) is 52.9 Å². The Labute approximate surface area is 140 Å². The highest BCUT2D eigenvalue weighted by molar-refractivity contribution is 5.53. The van der Waals surface area contributed by atoms with Gasteiger partial charge < -0.3 is 4.42 Å². The van der Waals surface area contributed by atoms with Crippen LogP contribution in [0, 0.1) is 12.7 Å². The van der Waals surface area contributed by atoms with Crippen LogP contribution >= 0.6 is 0 Å². The lowest BCUT2D eigenvalue weighted by molar-refractivity contribution is 0.228. The zero-order chi connectivity index (χ0) is 17.1. The molecule has 0 aliphatic heterocycles. The molecular formula is C19H20FN3O. The molecule has 3 aromatic rings. The lowest BCUT2D eigenvalue weighted by Crippen LogP contribution is -2.22. The van der Waals surface area contributed by atoms with E-state index in [-0.39, 0.29) is 11.9 Å². The van der Waals surface area contributed by atoms with Crippen molar-refractivity contribution in [2.45, 2.75) is 26.4 Å². The molecule has 2 aromatic carbocycles. The largest absolute Gasteiger partial charge is 0.419 e. The lowest BCUT2D eigenvalue weighted by Gasteiger charge is -2.23. The monoisotopic (exact) mass is 325 g/mol. The molecule has 124 valence electrons. The maximum absolute atomic E-state index is 13.0. The highest BCUT2D eigenvalue weighted by atomic mass is 19.1. The first kappa shape index (κ1) is 16.3. The Morgan fingerprint density at radius 2 is 1.88 bits per heavy atom. The van der Waals surface area contributed by atoms with Gasteiger partial charge in [-0.25, -0.2) is 4.39 Å². The molecule has 4 nitrogen and oxygen atoms in total. The highest BCUT2D eigenvalue weighted by Gasteiger charge is 2.16. The smallest absolute Gasteiger partial charge is 0.247 e. The Kier molecular flexibility index (Phi) is 4.71. The van der Waals surface area contributed by atoms with Crippen LogP contribution in [0.5, 0.6) is 0 Å². The molecule has 5 heteroatoms. The molecular weight excluding hydrogens is 305 g/mol.